The van der Waals surface area contributed by atoms with Gasteiger partial charge in [0.2, 0.25) is 11.1 Å². The van der Waals surface area contributed by atoms with Gasteiger partial charge in [0.15, 0.2) is 5.82 Å². The maximum Gasteiger partial charge on any atom is 0.234 e. The van der Waals surface area contributed by atoms with Crippen molar-refractivity contribution in [1.29, 1.82) is 0 Å². The monoisotopic (exact) mass is 419 g/mol. The van der Waals surface area contributed by atoms with E-state index in [1.807, 2.05) is 70.3 Å². The Balaban J connectivity index is 1.50. The first-order valence-electron chi connectivity index (χ1n) is 9.42. The van der Waals surface area contributed by atoms with E-state index in [0.717, 1.165) is 11.4 Å². The molecule has 0 aliphatic rings. The van der Waals surface area contributed by atoms with E-state index in [9.17, 15) is 4.79 Å². The second kappa shape index (κ2) is 9.32. The van der Waals surface area contributed by atoms with Crippen molar-refractivity contribution in [1.82, 2.24) is 19.5 Å². The Bertz CT molecular complexity index is 1110. The molecule has 0 radical (unpaired) electrons. The van der Waals surface area contributed by atoms with Gasteiger partial charge in [0, 0.05) is 18.8 Å². The number of para-hydroxylation sites is 2. The van der Waals surface area contributed by atoms with Crippen molar-refractivity contribution < 1.29 is 9.53 Å². The van der Waals surface area contributed by atoms with Gasteiger partial charge in [-0.25, -0.2) is 4.68 Å². The first-order chi connectivity index (χ1) is 14.7. The number of nitrogens with one attached hydrogen (secondary N) is 1. The van der Waals surface area contributed by atoms with E-state index in [1.165, 1.54) is 11.8 Å². The highest BCUT2D eigenvalue weighted by Gasteiger charge is 2.16. The lowest BCUT2D eigenvalue weighted by Crippen LogP contribution is -2.17. The number of methoxy groups -OCH3 is 1. The molecule has 1 amide bonds. The van der Waals surface area contributed by atoms with E-state index in [1.54, 1.807) is 13.2 Å². The van der Waals surface area contributed by atoms with Gasteiger partial charge in [0.05, 0.1) is 18.6 Å². The molecule has 2 aromatic carbocycles. The van der Waals surface area contributed by atoms with Crippen molar-refractivity contribution in [2.45, 2.75) is 11.6 Å². The number of nitrogens with zero attached hydrogens (tertiary/aromatic N) is 4. The molecule has 0 aliphatic heterocycles. The van der Waals surface area contributed by atoms with Gasteiger partial charge in [-0.3, -0.25) is 9.47 Å². The molecule has 0 atom stereocenters. The quantitative estimate of drug-likeness (QED) is 0.441. The number of ether oxygens (including phenoxy) is 1. The Labute approximate surface area is 178 Å². The average Bonchev–Trinajstić information content (AvgIpc) is 3.43. The van der Waals surface area contributed by atoms with E-state index in [0.29, 0.717) is 23.0 Å². The highest BCUT2D eigenvalue weighted by atomic mass is 32.2. The van der Waals surface area contributed by atoms with Crippen molar-refractivity contribution in [3.05, 3.63) is 90.5 Å². The zero-order chi connectivity index (χ0) is 20.8. The topological polar surface area (TPSA) is 74.0 Å². The predicted molar refractivity (Wildman–Crippen MR) is 117 cm³/mol. The van der Waals surface area contributed by atoms with E-state index in [-0.39, 0.29) is 11.7 Å². The molecule has 4 rings (SSSR count). The number of hydrogen-bond acceptors (Lipinski definition) is 5. The van der Waals surface area contributed by atoms with Crippen molar-refractivity contribution in [3.63, 3.8) is 0 Å². The summed E-state index contributed by atoms with van der Waals surface area (Å²) in [5.41, 5.74) is 1.78. The number of amides is 1. The molecule has 30 heavy (non-hydrogen) atoms. The summed E-state index contributed by atoms with van der Waals surface area (Å²) in [4.78, 5) is 12.5. The molecule has 0 aliphatic carbocycles. The van der Waals surface area contributed by atoms with Crippen LogP contribution in [0.15, 0.2) is 84.3 Å². The molecule has 7 nitrogen and oxygen atoms in total. The van der Waals surface area contributed by atoms with Crippen molar-refractivity contribution in [2.24, 2.45) is 0 Å². The number of aromatic nitrogens is 4. The van der Waals surface area contributed by atoms with Crippen molar-refractivity contribution >= 4 is 23.4 Å². The van der Waals surface area contributed by atoms with Crippen LogP contribution in [0.3, 0.4) is 0 Å². The van der Waals surface area contributed by atoms with Crippen molar-refractivity contribution in [3.8, 4) is 5.75 Å². The van der Waals surface area contributed by atoms with Gasteiger partial charge in [-0.2, -0.15) is 0 Å². The molecule has 1 N–H and O–H groups in total. The van der Waals surface area contributed by atoms with Crippen molar-refractivity contribution in [2.75, 3.05) is 18.2 Å². The first kappa shape index (κ1) is 19.8. The predicted octanol–water partition coefficient (Wildman–Crippen LogP) is 3.72. The third-order valence-corrected chi connectivity index (χ3v) is 5.33. The Hall–Kier alpha value is -3.52. The molecule has 2 heterocycles. The molecule has 0 bridgehead atoms. The fourth-order valence-corrected chi connectivity index (χ4v) is 3.78. The summed E-state index contributed by atoms with van der Waals surface area (Å²) in [6.45, 7) is 0. The number of hydrogen-bond donors (Lipinski definition) is 1. The van der Waals surface area contributed by atoms with Crippen LogP contribution in [0.1, 0.15) is 11.4 Å². The minimum absolute atomic E-state index is 0.142. The number of thioether (sulfide) groups is 1. The van der Waals surface area contributed by atoms with Crippen LogP contribution in [0.5, 0.6) is 5.75 Å². The molecule has 152 valence electrons. The Morgan fingerprint density at radius 2 is 1.73 bits per heavy atom. The van der Waals surface area contributed by atoms with Crippen LogP contribution in [0, 0.1) is 0 Å². The van der Waals surface area contributed by atoms with Crippen LogP contribution in [-0.4, -0.2) is 38.3 Å². The lowest BCUT2D eigenvalue weighted by Gasteiger charge is -2.12. The number of rotatable bonds is 8. The highest BCUT2D eigenvalue weighted by molar-refractivity contribution is 7.99. The van der Waals surface area contributed by atoms with Crippen LogP contribution in [0.25, 0.3) is 0 Å². The average molecular weight is 420 g/mol. The van der Waals surface area contributed by atoms with Gasteiger partial charge in [0.1, 0.15) is 5.75 Å². The van der Waals surface area contributed by atoms with Crippen LogP contribution in [0.2, 0.25) is 0 Å². The summed E-state index contributed by atoms with van der Waals surface area (Å²) in [6, 6.07) is 21.3. The van der Waals surface area contributed by atoms with Crippen LogP contribution in [0.4, 0.5) is 5.69 Å². The van der Waals surface area contributed by atoms with Crippen LogP contribution >= 0.6 is 11.8 Å². The third kappa shape index (κ3) is 4.55. The Kier molecular flexibility index (Phi) is 6.14. The molecular weight excluding hydrogens is 398 g/mol. The van der Waals surface area contributed by atoms with Gasteiger partial charge < -0.3 is 10.1 Å². The molecule has 4 aromatic rings. The van der Waals surface area contributed by atoms with E-state index < -0.39 is 0 Å². The summed E-state index contributed by atoms with van der Waals surface area (Å²) in [6.07, 6.45) is 4.49. The minimum atomic E-state index is -0.142. The number of benzene rings is 2. The number of carbonyl (C=O) groups is 1. The maximum atomic E-state index is 12.5. The van der Waals surface area contributed by atoms with Gasteiger partial charge >= 0.3 is 0 Å². The molecule has 0 saturated heterocycles. The normalized spacial score (nSPS) is 10.7. The van der Waals surface area contributed by atoms with E-state index in [4.69, 9.17) is 4.74 Å². The zero-order valence-electron chi connectivity index (χ0n) is 16.4. The molecule has 2 aromatic heterocycles. The molecule has 8 heteroatoms. The van der Waals surface area contributed by atoms with Gasteiger partial charge in [-0.15, -0.1) is 10.2 Å². The standard InChI is InChI=1S/C22H21N5O2S/c1-29-19-12-6-5-11-18(19)23-21(28)16-30-22-25-24-20(15-17-9-3-2-4-10-17)27(22)26-13-7-8-14-26/h2-14H,15-16H2,1H3,(H,23,28). The first-order valence-corrected chi connectivity index (χ1v) is 10.4. The third-order valence-electron chi connectivity index (χ3n) is 4.41. The van der Waals surface area contributed by atoms with Gasteiger partial charge in [-0.05, 0) is 29.8 Å². The fourth-order valence-electron chi connectivity index (χ4n) is 3.03. The number of carbonyl (C=O) groups excluding carboxylic acids is 1. The van der Waals surface area contributed by atoms with Crippen LogP contribution < -0.4 is 10.1 Å². The minimum Gasteiger partial charge on any atom is -0.495 e. The Morgan fingerprint density at radius 1 is 1.00 bits per heavy atom. The summed E-state index contributed by atoms with van der Waals surface area (Å²) < 4.78 is 9.13. The van der Waals surface area contributed by atoms with Gasteiger partial charge in [0.25, 0.3) is 0 Å². The smallest absolute Gasteiger partial charge is 0.234 e. The van der Waals surface area contributed by atoms with E-state index in [2.05, 4.69) is 27.6 Å². The summed E-state index contributed by atoms with van der Waals surface area (Å²) in [5, 5.41) is 12.2. The molecule has 0 fully saturated rings. The summed E-state index contributed by atoms with van der Waals surface area (Å²) >= 11 is 1.33. The number of anilines is 1. The van der Waals surface area contributed by atoms with E-state index >= 15 is 0 Å². The molecule has 0 unspecified atom stereocenters. The lowest BCUT2D eigenvalue weighted by atomic mass is 10.1. The van der Waals surface area contributed by atoms with Gasteiger partial charge in [-0.1, -0.05) is 54.2 Å². The fraction of sp³-hybridized carbons (Fsp3) is 0.136. The van der Waals surface area contributed by atoms with Crippen LogP contribution in [-0.2, 0) is 11.2 Å². The zero-order valence-corrected chi connectivity index (χ0v) is 17.2. The molecule has 0 spiro atoms. The molecular formula is C22H21N5O2S. The molecule has 0 saturated carbocycles. The highest BCUT2D eigenvalue weighted by Crippen LogP contribution is 2.24. The summed E-state index contributed by atoms with van der Waals surface area (Å²) in [5.74, 6) is 1.47. The second-order valence-corrected chi connectivity index (χ2v) is 7.42. The second-order valence-electron chi connectivity index (χ2n) is 6.47. The maximum absolute atomic E-state index is 12.5. The Morgan fingerprint density at radius 3 is 2.50 bits per heavy atom. The SMILES string of the molecule is COc1ccccc1NC(=O)CSc1nnc(Cc2ccccc2)n1-n1cccc1. The largest absolute Gasteiger partial charge is 0.495 e. The lowest BCUT2D eigenvalue weighted by molar-refractivity contribution is -0.113. The summed E-state index contributed by atoms with van der Waals surface area (Å²) in [7, 11) is 1.58.